The van der Waals surface area contributed by atoms with Gasteiger partial charge < -0.3 is 10.6 Å². The minimum absolute atomic E-state index is 0.428. The predicted molar refractivity (Wildman–Crippen MR) is 66.0 cm³/mol. The van der Waals surface area contributed by atoms with E-state index < -0.39 is 11.6 Å². The monoisotopic (exact) mass is 250 g/mol. The van der Waals surface area contributed by atoms with Crippen LogP contribution in [-0.4, -0.2) is 17.0 Å². The summed E-state index contributed by atoms with van der Waals surface area (Å²) in [7, 11) is 1.70. The van der Waals surface area contributed by atoms with Crippen molar-refractivity contribution in [2.45, 2.75) is 6.92 Å². The zero-order chi connectivity index (χ0) is 13.1. The maximum absolute atomic E-state index is 13.1. The van der Waals surface area contributed by atoms with Gasteiger partial charge in [-0.15, -0.1) is 0 Å². The molecule has 4 nitrogen and oxygen atoms in total. The predicted octanol–water partition coefficient (Wildman–Crippen LogP) is 2.85. The molecule has 0 fully saturated rings. The number of aryl methyl sites for hydroxylation is 1. The zero-order valence-electron chi connectivity index (χ0n) is 9.96. The minimum Gasteiger partial charge on any atom is -0.357 e. The molecule has 6 heteroatoms. The quantitative estimate of drug-likeness (QED) is 0.879. The Balaban J connectivity index is 2.30. The van der Waals surface area contributed by atoms with E-state index in [4.69, 9.17) is 0 Å². The van der Waals surface area contributed by atoms with Gasteiger partial charge in [0.2, 0.25) is 5.95 Å². The lowest BCUT2D eigenvalue weighted by molar-refractivity contribution is 0.509. The highest BCUT2D eigenvalue weighted by Gasteiger charge is 2.06. The third-order valence-electron chi connectivity index (χ3n) is 2.38. The van der Waals surface area contributed by atoms with E-state index >= 15 is 0 Å². The summed E-state index contributed by atoms with van der Waals surface area (Å²) in [6.07, 6.45) is 1.64. The number of nitrogens with zero attached hydrogens (tertiary/aromatic N) is 2. The number of aromatic nitrogens is 2. The lowest BCUT2D eigenvalue weighted by Gasteiger charge is -2.09. The number of hydrogen-bond donors (Lipinski definition) is 2. The van der Waals surface area contributed by atoms with Crippen LogP contribution in [0.2, 0.25) is 0 Å². The van der Waals surface area contributed by atoms with Crippen LogP contribution in [0.15, 0.2) is 24.4 Å². The Hall–Kier alpha value is -2.24. The van der Waals surface area contributed by atoms with Crippen molar-refractivity contribution in [1.29, 1.82) is 0 Å². The molecule has 0 bridgehead atoms. The molecule has 0 aliphatic carbocycles. The Morgan fingerprint density at radius 3 is 2.61 bits per heavy atom. The van der Waals surface area contributed by atoms with Gasteiger partial charge in [-0.25, -0.2) is 13.8 Å². The second kappa shape index (κ2) is 4.95. The van der Waals surface area contributed by atoms with Gasteiger partial charge in [0.05, 0.1) is 0 Å². The highest BCUT2D eigenvalue weighted by atomic mass is 19.2. The van der Waals surface area contributed by atoms with Crippen molar-refractivity contribution in [1.82, 2.24) is 9.97 Å². The molecule has 0 saturated carbocycles. The van der Waals surface area contributed by atoms with Crippen molar-refractivity contribution in [3.05, 3.63) is 41.6 Å². The molecule has 2 rings (SSSR count). The number of benzene rings is 1. The first-order chi connectivity index (χ1) is 8.60. The third kappa shape index (κ3) is 2.53. The lowest BCUT2D eigenvalue weighted by atomic mass is 10.3. The van der Waals surface area contributed by atoms with Crippen LogP contribution >= 0.6 is 0 Å². The van der Waals surface area contributed by atoms with E-state index in [0.717, 1.165) is 17.7 Å². The molecule has 0 aliphatic rings. The van der Waals surface area contributed by atoms with Gasteiger partial charge in [0.1, 0.15) is 5.82 Å². The summed E-state index contributed by atoms with van der Waals surface area (Å²) in [4.78, 5) is 8.22. The smallest absolute Gasteiger partial charge is 0.224 e. The van der Waals surface area contributed by atoms with Crippen LogP contribution in [0.3, 0.4) is 0 Å². The second-order valence-corrected chi connectivity index (χ2v) is 3.73. The van der Waals surface area contributed by atoms with Gasteiger partial charge in [-0.2, -0.15) is 4.98 Å². The molecule has 0 radical (unpaired) electrons. The van der Waals surface area contributed by atoms with Gasteiger partial charge in [0, 0.05) is 30.6 Å². The standard InChI is InChI=1S/C12H12F2N4/c1-7-6-16-12(15-2)18-11(7)17-8-3-4-9(13)10(14)5-8/h3-6H,1-2H3,(H2,15,16,17,18). The van der Waals surface area contributed by atoms with E-state index in [1.54, 1.807) is 13.2 Å². The van der Waals surface area contributed by atoms with Gasteiger partial charge in [0.15, 0.2) is 11.6 Å². The van der Waals surface area contributed by atoms with Crippen LogP contribution < -0.4 is 10.6 Å². The molecule has 0 spiro atoms. The summed E-state index contributed by atoms with van der Waals surface area (Å²) < 4.78 is 25.9. The fraction of sp³-hybridized carbons (Fsp3) is 0.167. The molecule has 0 aliphatic heterocycles. The molecule has 18 heavy (non-hydrogen) atoms. The van der Waals surface area contributed by atoms with Crippen molar-refractivity contribution >= 4 is 17.5 Å². The van der Waals surface area contributed by atoms with Crippen LogP contribution in [0, 0.1) is 18.6 Å². The minimum atomic E-state index is -0.902. The van der Waals surface area contributed by atoms with Gasteiger partial charge in [0.25, 0.3) is 0 Å². The van der Waals surface area contributed by atoms with E-state index in [1.807, 2.05) is 6.92 Å². The Morgan fingerprint density at radius 1 is 1.17 bits per heavy atom. The Labute approximate surface area is 103 Å². The summed E-state index contributed by atoms with van der Waals surface area (Å²) in [5, 5.41) is 5.72. The van der Waals surface area contributed by atoms with Crippen molar-refractivity contribution < 1.29 is 8.78 Å². The first-order valence-corrected chi connectivity index (χ1v) is 5.33. The molecule has 1 heterocycles. The highest BCUT2D eigenvalue weighted by molar-refractivity contribution is 5.59. The summed E-state index contributed by atoms with van der Waals surface area (Å²) in [6.45, 7) is 1.82. The van der Waals surface area contributed by atoms with Gasteiger partial charge in [-0.3, -0.25) is 0 Å². The van der Waals surface area contributed by atoms with Crippen LogP contribution in [0.4, 0.5) is 26.2 Å². The largest absolute Gasteiger partial charge is 0.357 e. The SMILES string of the molecule is CNc1ncc(C)c(Nc2ccc(F)c(F)c2)n1. The van der Waals surface area contributed by atoms with Crippen LogP contribution in [-0.2, 0) is 0 Å². The van der Waals surface area contributed by atoms with Crippen molar-refractivity contribution in [3.8, 4) is 0 Å². The number of halogens is 2. The Bertz CT molecular complexity index is 572. The van der Waals surface area contributed by atoms with Crippen molar-refractivity contribution in [2.24, 2.45) is 0 Å². The molecule has 2 N–H and O–H groups in total. The van der Waals surface area contributed by atoms with Crippen LogP contribution in [0.5, 0.6) is 0 Å². The van der Waals surface area contributed by atoms with E-state index in [9.17, 15) is 8.78 Å². The maximum Gasteiger partial charge on any atom is 0.224 e. The third-order valence-corrected chi connectivity index (χ3v) is 2.38. The topological polar surface area (TPSA) is 49.8 Å². The average molecular weight is 250 g/mol. The number of rotatable bonds is 3. The number of hydrogen-bond acceptors (Lipinski definition) is 4. The summed E-state index contributed by atoms with van der Waals surface area (Å²) >= 11 is 0. The Morgan fingerprint density at radius 2 is 1.94 bits per heavy atom. The first kappa shape index (κ1) is 12.2. The lowest BCUT2D eigenvalue weighted by Crippen LogP contribution is -2.02. The summed E-state index contributed by atoms with van der Waals surface area (Å²) in [5.74, 6) is -0.789. The number of anilines is 3. The van der Waals surface area contributed by atoms with E-state index in [1.165, 1.54) is 6.07 Å². The molecular weight excluding hydrogens is 238 g/mol. The van der Waals surface area contributed by atoms with Gasteiger partial charge in [-0.05, 0) is 19.1 Å². The van der Waals surface area contributed by atoms with E-state index in [0.29, 0.717) is 17.5 Å². The molecule has 0 saturated heterocycles. The van der Waals surface area contributed by atoms with Gasteiger partial charge in [-0.1, -0.05) is 0 Å². The molecule has 0 amide bonds. The van der Waals surface area contributed by atoms with Crippen LogP contribution in [0.25, 0.3) is 0 Å². The molecule has 1 aromatic heterocycles. The summed E-state index contributed by atoms with van der Waals surface area (Å²) in [6, 6.07) is 3.59. The molecule has 94 valence electrons. The normalized spacial score (nSPS) is 10.2. The van der Waals surface area contributed by atoms with E-state index in [2.05, 4.69) is 20.6 Å². The molecular formula is C12H12F2N4. The number of nitrogens with one attached hydrogen (secondary N) is 2. The second-order valence-electron chi connectivity index (χ2n) is 3.73. The fourth-order valence-electron chi connectivity index (χ4n) is 1.40. The molecule has 0 atom stereocenters. The molecule has 0 unspecified atom stereocenters. The maximum atomic E-state index is 13.1. The van der Waals surface area contributed by atoms with Crippen LogP contribution in [0.1, 0.15) is 5.56 Å². The average Bonchev–Trinajstić information content (AvgIpc) is 2.36. The Kier molecular flexibility index (Phi) is 3.36. The zero-order valence-corrected chi connectivity index (χ0v) is 9.96. The van der Waals surface area contributed by atoms with E-state index in [-0.39, 0.29) is 0 Å². The molecule has 2 aromatic rings. The van der Waals surface area contributed by atoms with Crippen molar-refractivity contribution in [3.63, 3.8) is 0 Å². The first-order valence-electron chi connectivity index (χ1n) is 5.33. The van der Waals surface area contributed by atoms with Crippen molar-refractivity contribution in [2.75, 3.05) is 17.7 Å². The molecule has 1 aromatic carbocycles. The highest BCUT2D eigenvalue weighted by Crippen LogP contribution is 2.20. The summed E-state index contributed by atoms with van der Waals surface area (Å²) in [5.41, 5.74) is 1.23. The van der Waals surface area contributed by atoms with Gasteiger partial charge >= 0.3 is 0 Å². The fourth-order valence-corrected chi connectivity index (χ4v) is 1.40.